The second-order valence-corrected chi connectivity index (χ2v) is 5.76. The second kappa shape index (κ2) is 8.45. The highest BCUT2D eigenvalue weighted by molar-refractivity contribution is 5.95. The molecule has 1 amide bonds. The van der Waals surface area contributed by atoms with Crippen LogP contribution in [0, 0.1) is 5.92 Å². The molecule has 1 atom stereocenters. The van der Waals surface area contributed by atoms with Crippen LogP contribution in [-0.4, -0.2) is 25.2 Å². The molecule has 1 aromatic carbocycles. The van der Waals surface area contributed by atoms with Gasteiger partial charge in [-0.2, -0.15) is 26.3 Å². The van der Waals surface area contributed by atoms with Crippen LogP contribution >= 0.6 is 12.4 Å². The number of nitrogens with one attached hydrogen (secondary N) is 1. The van der Waals surface area contributed by atoms with E-state index in [-0.39, 0.29) is 24.4 Å². The maximum Gasteiger partial charge on any atom is 0.416 e. The molecular formula is C15H17ClF6N2O2. The molecule has 0 saturated carbocycles. The van der Waals surface area contributed by atoms with E-state index in [0.29, 0.717) is 38.2 Å². The van der Waals surface area contributed by atoms with Crippen molar-refractivity contribution in [2.24, 2.45) is 11.7 Å². The summed E-state index contributed by atoms with van der Waals surface area (Å²) in [5, 5.41) is 2.06. The Labute approximate surface area is 151 Å². The van der Waals surface area contributed by atoms with Crippen molar-refractivity contribution in [2.75, 3.05) is 18.5 Å². The summed E-state index contributed by atoms with van der Waals surface area (Å²) >= 11 is 0. The standard InChI is InChI=1S/C15H16F6N2O2.ClH/c16-14(17,18)9-5-10(15(19,20)21)7-11(6-9)23-13(24)12(22)8-1-3-25-4-2-8;/h5-8,12H,1-4,22H2,(H,23,24);1H. The van der Waals surface area contributed by atoms with Crippen molar-refractivity contribution in [3.8, 4) is 0 Å². The summed E-state index contributed by atoms with van der Waals surface area (Å²) in [7, 11) is 0. The fourth-order valence-electron chi connectivity index (χ4n) is 2.54. The highest BCUT2D eigenvalue weighted by atomic mass is 35.5. The minimum atomic E-state index is -4.98. The van der Waals surface area contributed by atoms with Crippen LogP contribution in [0.3, 0.4) is 0 Å². The monoisotopic (exact) mass is 406 g/mol. The van der Waals surface area contributed by atoms with E-state index >= 15 is 0 Å². The molecule has 1 saturated heterocycles. The number of hydrogen-bond acceptors (Lipinski definition) is 3. The molecule has 4 nitrogen and oxygen atoms in total. The molecule has 0 radical (unpaired) electrons. The Kier molecular flexibility index (Phi) is 7.32. The maximum absolute atomic E-state index is 12.8. The van der Waals surface area contributed by atoms with Crippen LogP contribution in [0.15, 0.2) is 18.2 Å². The Hall–Kier alpha value is -1.52. The Bertz CT molecular complexity index is 597. The largest absolute Gasteiger partial charge is 0.416 e. The van der Waals surface area contributed by atoms with Crippen molar-refractivity contribution >= 4 is 24.0 Å². The van der Waals surface area contributed by atoms with Gasteiger partial charge < -0.3 is 15.8 Å². The van der Waals surface area contributed by atoms with Gasteiger partial charge in [0.15, 0.2) is 0 Å². The average molecular weight is 407 g/mol. The number of nitrogens with two attached hydrogens (primary N) is 1. The summed E-state index contributed by atoms with van der Waals surface area (Å²) < 4.78 is 81.9. The van der Waals surface area contributed by atoms with Gasteiger partial charge in [-0.3, -0.25) is 4.79 Å². The minimum Gasteiger partial charge on any atom is -0.381 e. The fraction of sp³-hybridized carbons (Fsp3) is 0.533. The Morgan fingerprint density at radius 1 is 1.04 bits per heavy atom. The van der Waals surface area contributed by atoms with Crippen molar-refractivity contribution in [2.45, 2.75) is 31.2 Å². The van der Waals surface area contributed by atoms with E-state index in [1.165, 1.54) is 0 Å². The molecule has 0 aromatic heterocycles. The quantitative estimate of drug-likeness (QED) is 0.750. The first-order valence-corrected chi connectivity index (χ1v) is 7.42. The van der Waals surface area contributed by atoms with Crippen molar-refractivity contribution in [1.29, 1.82) is 0 Å². The zero-order valence-corrected chi connectivity index (χ0v) is 14.1. The zero-order chi connectivity index (χ0) is 18.8. The van der Waals surface area contributed by atoms with Crippen molar-refractivity contribution in [3.05, 3.63) is 29.3 Å². The normalized spacial score (nSPS) is 17.3. The molecule has 1 aromatic rings. The highest BCUT2D eigenvalue weighted by Crippen LogP contribution is 2.37. The minimum absolute atomic E-state index is 0. The van der Waals surface area contributed by atoms with Crippen LogP contribution < -0.4 is 11.1 Å². The summed E-state index contributed by atoms with van der Waals surface area (Å²) in [5.74, 6) is -1.08. The lowest BCUT2D eigenvalue weighted by atomic mass is 9.92. The summed E-state index contributed by atoms with van der Waals surface area (Å²) in [6.07, 6.45) is -8.98. The molecule has 1 aliphatic rings. The Balaban J connectivity index is 0.00000338. The van der Waals surface area contributed by atoms with Gasteiger partial charge in [0.05, 0.1) is 17.2 Å². The van der Waals surface area contributed by atoms with Gasteiger partial charge in [-0.05, 0) is 37.0 Å². The number of hydrogen-bond donors (Lipinski definition) is 2. The van der Waals surface area contributed by atoms with Gasteiger partial charge in [-0.25, -0.2) is 0 Å². The van der Waals surface area contributed by atoms with E-state index in [1.54, 1.807) is 0 Å². The number of anilines is 1. The first-order chi connectivity index (χ1) is 11.5. The van der Waals surface area contributed by atoms with E-state index in [1.807, 2.05) is 0 Å². The van der Waals surface area contributed by atoms with Crippen LogP contribution in [0.1, 0.15) is 24.0 Å². The molecule has 0 bridgehead atoms. The third-order valence-corrected chi connectivity index (χ3v) is 3.93. The Morgan fingerprint density at radius 2 is 1.50 bits per heavy atom. The average Bonchev–Trinajstić information content (AvgIpc) is 2.53. The molecule has 1 unspecified atom stereocenters. The number of amides is 1. The number of carbonyl (C=O) groups excluding carboxylic acids is 1. The lowest BCUT2D eigenvalue weighted by Crippen LogP contribution is -2.44. The lowest BCUT2D eigenvalue weighted by molar-refractivity contribution is -0.143. The van der Waals surface area contributed by atoms with E-state index < -0.39 is 41.1 Å². The van der Waals surface area contributed by atoms with Gasteiger partial charge in [0.25, 0.3) is 0 Å². The lowest BCUT2D eigenvalue weighted by Gasteiger charge is -2.27. The van der Waals surface area contributed by atoms with E-state index in [0.717, 1.165) is 0 Å². The zero-order valence-electron chi connectivity index (χ0n) is 13.3. The molecule has 1 aliphatic heterocycles. The summed E-state index contributed by atoms with van der Waals surface area (Å²) in [6, 6.07) is -0.158. The van der Waals surface area contributed by atoms with Gasteiger partial charge in [-0.1, -0.05) is 0 Å². The molecule has 0 spiro atoms. The molecule has 26 heavy (non-hydrogen) atoms. The Morgan fingerprint density at radius 3 is 1.92 bits per heavy atom. The van der Waals surface area contributed by atoms with E-state index in [9.17, 15) is 31.1 Å². The van der Waals surface area contributed by atoms with Crippen LogP contribution in [-0.2, 0) is 21.9 Å². The highest BCUT2D eigenvalue weighted by Gasteiger charge is 2.37. The number of rotatable bonds is 3. The third-order valence-electron chi connectivity index (χ3n) is 3.93. The first-order valence-electron chi connectivity index (χ1n) is 7.42. The van der Waals surface area contributed by atoms with Crippen LogP contribution in [0.2, 0.25) is 0 Å². The number of benzene rings is 1. The number of halogens is 7. The molecule has 11 heteroatoms. The van der Waals surface area contributed by atoms with Crippen LogP contribution in [0.25, 0.3) is 0 Å². The number of ether oxygens (including phenoxy) is 1. The number of alkyl halides is 6. The first kappa shape index (κ1) is 22.5. The molecule has 148 valence electrons. The molecule has 3 N–H and O–H groups in total. The van der Waals surface area contributed by atoms with Crippen LogP contribution in [0.5, 0.6) is 0 Å². The van der Waals surface area contributed by atoms with Crippen molar-refractivity contribution in [3.63, 3.8) is 0 Å². The topological polar surface area (TPSA) is 64.4 Å². The fourth-order valence-corrected chi connectivity index (χ4v) is 2.54. The molecule has 1 heterocycles. The van der Waals surface area contributed by atoms with Crippen molar-refractivity contribution in [1.82, 2.24) is 0 Å². The third kappa shape index (κ3) is 5.75. The maximum atomic E-state index is 12.8. The summed E-state index contributed by atoms with van der Waals surface area (Å²) in [4.78, 5) is 12.1. The SMILES string of the molecule is Cl.NC(C(=O)Nc1cc(C(F)(F)F)cc(C(F)(F)F)c1)C1CCOCC1. The van der Waals surface area contributed by atoms with Gasteiger partial charge in [0.2, 0.25) is 5.91 Å². The van der Waals surface area contributed by atoms with E-state index in [4.69, 9.17) is 10.5 Å². The molecule has 0 aliphatic carbocycles. The predicted octanol–water partition coefficient (Wildman–Crippen LogP) is 3.84. The molecular weight excluding hydrogens is 390 g/mol. The van der Waals surface area contributed by atoms with Gasteiger partial charge in [0.1, 0.15) is 0 Å². The van der Waals surface area contributed by atoms with Gasteiger partial charge >= 0.3 is 12.4 Å². The molecule has 1 fully saturated rings. The number of carbonyl (C=O) groups is 1. The predicted molar refractivity (Wildman–Crippen MR) is 83.8 cm³/mol. The summed E-state index contributed by atoms with van der Waals surface area (Å²) in [5.41, 5.74) is 2.17. The van der Waals surface area contributed by atoms with Crippen LogP contribution in [0.4, 0.5) is 32.0 Å². The molecule has 2 rings (SSSR count). The van der Waals surface area contributed by atoms with E-state index in [2.05, 4.69) is 5.32 Å². The van der Waals surface area contributed by atoms with Gasteiger partial charge in [0, 0.05) is 18.9 Å². The second-order valence-electron chi connectivity index (χ2n) is 5.76. The smallest absolute Gasteiger partial charge is 0.381 e. The van der Waals surface area contributed by atoms with Crippen molar-refractivity contribution < 1.29 is 35.9 Å². The van der Waals surface area contributed by atoms with Gasteiger partial charge in [-0.15, -0.1) is 12.4 Å². The summed E-state index contributed by atoms with van der Waals surface area (Å²) in [6.45, 7) is 0.793.